The van der Waals surface area contributed by atoms with Crippen LogP contribution in [0.1, 0.15) is 25.1 Å². The molecule has 0 spiro atoms. The second-order valence-corrected chi connectivity index (χ2v) is 4.91. The van der Waals surface area contributed by atoms with Gasteiger partial charge in [0.05, 0.1) is 6.54 Å². The lowest BCUT2D eigenvalue weighted by Crippen LogP contribution is -2.39. The van der Waals surface area contributed by atoms with Gasteiger partial charge < -0.3 is 15.0 Å². The van der Waals surface area contributed by atoms with E-state index in [1.807, 2.05) is 30.2 Å². The molecule has 5 heteroatoms. The summed E-state index contributed by atoms with van der Waals surface area (Å²) in [6.07, 6.45) is 0.857. The normalized spacial score (nSPS) is 10.3. The molecule has 1 heterocycles. The third-order valence-electron chi connectivity index (χ3n) is 2.54. The highest BCUT2D eigenvalue weighted by Crippen LogP contribution is 2.11. The molecule has 1 aromatic heterocycles. The van der Waals surface area contributed by atoms with Gasteiger partial charge in [-0.05, 0) is 31.7 Å². The molecule has 4 nitrogen and oxygen atoms in total. The minimum absolute atomic E-state index is 0.00222. The lowest BCUT2D eigenvalue weighted by molar-refractivity contribution is 0.144. The lowest BCUT2D eigenvalue weighted by atomic mass is 10.4. The van der Waals surface area contributed by atoms with Crippen LogP contribution in [0.5, 0.6) is 0 Å². The summed E-state index contributed by atoms with van der Waals surface area (Å²) >= 11 is 1.68. The molecule has 0 aliphatic carbocycles. The number of carbonyl (C=O) groups is 1. The zero-order valence-electron chi connectivity index (χ0n) is 11.1. The number of hydrogen-bond donors (Lipinski definition) is 1. The van der Waals surface area contributed by atoms with Crippen LogP contribution < -0.4 is 5.32 Å². The van der Waals surface area contributed by atoms with Crippen molar-refractivity contribution < 1.29 is 9.53 Å². The fourth-order valence-corrected chi connectivity index (χ4v) is 2.26. The average molecular weight is 270 g/mol. The SMILES string of the molecule is CCOCCCNC(=O)N(CC)Cc1cccs1. The van der Waals surface area contributed by atoms with Crippen molar-refractivity contribution >= 4 is 17.4 Å². The van der Waals surface area contributed by atoms with Crippen molar-refractivity contribution in [1.82, 2.24) is 10.2 Å². The lowest BCUT2D eigenvalue weighted by Gasteiger charge is -2.20. The van der Waals surface area contributed by atoms with Gasteiger partial charge in [-0.25, -0.2) is 4.79 Å². The molecular weight excluding hydrogens is 248 g/mol. The molecule has 0 aromatic carbocycles. The van der Waals surface area contributed by atoms with Crippen LogP contribution in [-0.4, -0.2) is 37.2 Å². The number of nitrogens with one attached hydrogen (secondary N) is 1. The summed E-state index contributed by atoms with van der Waals surface area (Å²) in [5, 5.41) is 4.95. The molecule has 18 heavy (non-hydrogen) atoms. The second kappa shape index (κ2) is 8.94. The Morgan fingerprint density at radius 3 is 2.94 bits per heavy atom. The predicted octanol–water partition coefficient (Wildman–Crippen LogP) is 2.71. The second-order valence-electron chi connectivity index (χ2n) is 3.88. The van der Waals surface area contributed by atoms with Crippen LogP contribution in [0.2, 0.25) is 0 Å². The highest BCUT2D eigenvalue weighted by atomic mass is 32.1. The molecule has 102 valence electrons. The zero-order valence-corrected chi connectivity index (χ0v) is 12.0. The van der Waals surface area contributed by atoms with Crippen LogP contribution in [0.15, 0.2) is 17.5 Å². The van der Waals surface area contributed by atoms with E-state index in [-0.39, 0.29) is 6.03 Å². The average Bonchev–Trinajstić information content (AvgIpc) is 2.88. The van der Waals surface area contributed by atoms with Crippen LogP contribution in [0.25, 0.3) is 0 Å². The Morgan fingerprint density at radius 1 is 1.50 bits per heavy atom. The number of urea groups is 1. The van der Waals surface area contributed by atoms with Gasteiger partial charge in [-0.3, -0.25) is 0 Å². The van der Waals surface area contributed by atoms with E-state index in [9.17, 15) is 4.79 Å². The van der Waals surface area contributed by atoms with Crippen molar-refractivity contribution in [2.75, 3.05) is 26.3 Å². The minimum atomic E-state index is 0.00222. The van der Waals surface area contributed by atoms with E-state index in [0.717, 1.165) is 19.6 Å². The van der Waals surface area contributed by atoms with Gasteiger partial charge in [0.2, 0.25) is 0 Å². The Kier molecular flexibility index (Phi) is 7.44. The quantitative estimate of drug-likeness (QED) is 0.738. The van der Waals surface area contributed by atoms with Crippen LogP contribution in [0.4, 0.5) is 4.79 Å². The number of carbonyl (C=O) groups excluding carboxylic acids is 1. The fourth-order valence-electron chi connectivity index (χ4n) is 1.54. The number of rotatable bonds is 8. The van der Waals surface area contributed by atoms with E-state index < -0.39 is 0 Å². The summed E-state index contributed by atoms with van der Waals surface area (Å²) in [6.45, 7) is 7.47. The zero-order chi connectivity index (χ0) is 13.2. The molecular formula is C13H22N2O2S. The summed E-state index contributed by atoms with van der Waals surface area (Å²) < 4.78 is 5.22. The molecule has 0 radical (unpaired) electrons. The van der Waals surface area contributed by atoms with Gasteiger partial charge in [0, 0.05) is 31.2 Å². The molecule has 0 bridgehead atoms. The molecule has 1 rings (SSSR count). The Hall–Kier alpha value is -1.07. The third-order valence-corrected chi connectivity index (χ3v) is 3.40. The van der Waals surface area contributed by atoms with E-state index in [4.69, 9.17) is 4.74 Å². The van der Waals surface area contributed by atoms with Gasteiger partial charge >= 0.3 is 6.03 Å². The molecule has 1 N–H and O–H groups in total. The smallest absolute Gasteiger partial charge is 0.317 e. The number of nitrogens with zero attached hydrogens (tertiary/aromatic N) is 1. The maximum atomic E-state index is 11.9. The van der Waals surface area contributed by atoms with Crippen molar-refractivity contribution in [1.29, 1.82) is 0 Å². The molecule has 0 fully saturated rings. The van der Waals surface area contributed by atoms with Crippen LogP contribution >= 0.6 is 11.3 Å². The Balaban J connectivity index is 2.24. The first-order chi connectivity index (χ1) is 8.77. The van der Waals surface area contributed by atoms with Gasteiger partial charge in [-0.1, -0.05) is 6.07 Å². The fraction of sp³-hybridized carbons (Fsp3) is 0.615. The molecule has 0 unspecified atom stereocenters. The third kappa shape index (κ3) is 5.51. The predicted molar refractivity (Wildman–Crippen MR) is 74.9 cm³/mol. The highest BCUT2D eigenvalue weighted by molar-refractivity contribution is 7.09. The van der Waals surface area contributed by atoms with Gasteiger partial charge in [-0.2, -0.15) is 0 Å². The number of amides is 2. The van der Waals surface area contributed by atoms with Gasteiger partial charge in [0.15, 0.2) is 0 Å². The van der Waals surface area contributed by atoms with Crippen LogP contribution in [0.3, 0.4) is 0 Å². The van der Waals surface area contributed by atoms with Crippen molar-refractivity contribution in [2.24, 2.45) is 0 Å². The Morgan fingerprint density at radius 2 is 2.33 bits per heavy atom. The topological polar surface area (TPSA) is 41.6 Å². The van der Waals surface area contributed by atoms with Crippen LogP contribution in [0, 0.1) is 0 Å². The maximum absolute atomic E-state index is 11.9. The summed E-state index contributed by atoms with van der Waals surface area (Å²) in [6, 6.07) is 4.06. The van der Waals surface area contributed by atoms with Crippen molar-refractivity contribution in [3.8, 4) is 0 Å². The molecule has 0 saturated carbocycles. The minimum Gasteiger partial charge on any atom is -0.382 e. The molecule has 0 aliphatic rings. The highest BCUT2D eigenvalue weighted by Gasteiger charge is 2.11. The van der Waals surface area contributed by atoms with Crippen LogP contribution in [-0.2, 0) is 11.3 Å². The first-order valence-electron chi connectivity index (χ1n) is 6.40. The molecule has 2 amide bonds. The standard InChI is InChI=1S/C13H22N2O2S/c1-3-15(11-12-7-5-10-18-12)13(16)14-8-6-9-17-4-2/h5,7,10H,3-4,6,8-9,11H2,1-2H3,(H,14,16). The van der Waals surface area contributed by atoms with E-state index in [2.05, 4.69) is 11.4 Å². The number of ether oxygens (including phenoxy) is 1. The first kappa shape index (κ1) is 15.0. The van der Waals surface area contributed by atoms with E-state index in [1.54, 1.807) is 11.3 Å². The Labute approximate surface area is 113 Å². The number of hydrogen-bond acceptors (Lipinski definition) is 3. The summed E-state index contributed by atoms with van der Waals surface area (Å²) in [4.78, 5) is 14.9. The monoisotopic (exact) mass is 270 g/mol. The van der Waals surface area contributed by atoms with E-state index >= 15 is 0 Å². The van der Waals surface area contributed by atoms with Crippen molar-refractivity contribution in [3.63, 3.8) is 0 Å². The Bertz CT molecular complexity index is 328. The molecule has 0 atom stereocenters. The van der Waals surface area contributed by atoms with E-state index in [1.165, 1.54) is 4.88 Å². The number of thiophene rings is 1. The largest absolute Gasteiger partial charge is 0.382 e. The molecule has 0 saturated heterocycles. The van der Waals surface area contributed by atoms with Crippen molar-refractivity contribution in [2.45, 2.75) is 26.8 Å². The van der Waals surface area contributed by atoms with Crippen molar-refractivity contribution in [3.05, 3.63) is 22.4 Å². The summed E-state index contributed by atoms with van der Waals surface area (Å²) in [5.74, 6) is 0. The van der Waals surface area contributed by atoms with Gasteiger partial charge in [0.25, 0.3) is 0 Å². The first-order valence-corrected chi connectivity index (χ1v) is 7.28. The van der Waals surface area contributed by atoms with Gasteiger partial charge in [0.1, 0.15) is 0 Å². The summed E-state index contributed by atoms with van der Waals surface area (Å²) in [7, 11) is 0. The molecule has 0 aliphatic heterocycles. The van der Waals surface area contributed by atoms with E-state index in [0.29, 0.717) is 19.7 Å². The molecule has 1 aromatic rings. The van der Waals surface area contributed by atoms with Gasteiger partial charge in [-0.15, -0.1) is 11.3 Å². The maximum Gasteiger partial charge on any atom is 0.317 e. The summed E-state index contributed by atoms with van der Waals surface area (Å²) in [5.41, 5.74) is 0.